The fourth-order valence-corrected chi connectivity index (χ4v) is 18.3. The van der Waals surface area contributed by atoms with E-state index in [2.05, 4.69) is 252 Å². The van der Waals surface area contributed by atoms with Gasteiger partial charge < -0.3 is 9.13 Å². The van der Waals surface area contributed by atoms with Crippen molar-refractivity contribution in [2.75, 3.05) is 0 Å². The number of nitrogens with zero attached hydrogens (tertiary/aromatic N) is 4. The highest BCUT2D eigenvalue weighted by molar-refractivity contribution is 7.24. The first-order chi connectivity index (χ1) is 35.2. The van der Waals surface area contributed by atoms with E-state index in [0.717, 1.165) is 94.1 Å². The third-order valence-corrected chi connectivity index (χ3v) is 20.4. The molecule has 15 rings (SSSR count). The number of para-hydroxylation sites is 2. The fraction of sp³-hybridized carbons (Fsp3) is 0. The van der Waals surface area contributed by atoms with Crippen molar-refractivity contribution >= 4 is 72.4 Å². The quantitative estimate of drug-likeness (QED) is 0.162. The summed E-state index contributed by atoms with van der Waals surface area (Å²) in [5.74, 6) is 0. The highest BCUT2D eigenvalue weighted by Crippen LogP contribution is 2.44. The van der Waals surface area contributed by atoms with Gasteiger partial charge >= 0.3 is 0 Å². The van der Waals surface area contributed by atoms with E-state index in [0.29, 0.717) is 5.56 Å². The molecule has 0 fully saturated rings. The van der Waals surface area contributed by atoms with Gasteiger partial charge in [0.25, 0.3) is 0 Å². The minimum atomic E-state index is -2.96. The number of nitriles is 1. The Kier molecular flexibility index (Phi) is 8.42. The van der Waals surface area contributed by atoms with Crippen molar-refractivity contribution in [2.45, 2.75) is 0 Å². The van der Waals surface area contributed by atoms with Crippen molar-refractivity contribution in [3.05, 3.63) is 248 Å². The maximum Gasteiger partial charge on any atom is 0.184 e. The topological polar surface area (TPSA) is 46.5 Å². The van der Waals surface area contributed by atoms with Gasteiger partial charge in [0.2, 0.25) is 0 Å². The summed E-state index contributed by atoms with van der Waals surface area (Å²) in [6, 6.07) is 88.9. The van der Waals surface area contributed by atoms with Crippen LogP contribution >= 0.6 is 0 Å². The van der Waals surface area contributed by atoms with Gasteiger partial charge in [0.1, 0.15) is 11.6 Å². The summed E-state index contributed by atoms with van der Waals surface area (Å²) in [4.78, 5) is 5.33. The molecule has 1 spiro atoms. The molecule has 0 unspecified atom stereocenters. The van der Waals surface area contributed by atoms with Crippen molar-refractivity contribution in [1.29, 1.82) is 5.26 Å². The minimum Gasteiger partial charge on any atom is -0.308 e. The monoisotopic (exact) mass is 916 g/mol. The molecule has 0 N–H and O–H groups in total. The number of aromatic nitrogens is 3. The normalized spacial score (nSPS) is 12.9. The summed E-state index contributed by atoms with van der Waals surface area (Å²) in [6.07, 6.45) is 2.00. The maximum atomic E-state index is 11.9. The third-order valence-electron chi connectivity index (χ3n) is 15.4. The number of fused-ring (bicyclic) bond motifs is 16. The van der Waals surface area contributed by atoms with E-state index in [4.69, 9.17) is 4.98 Å². The van der Waals surface area contributed by atoms with Crippen LogP contribution in [0.2, 0.25) is 0 Å². The summed E-state index contributed by atoms with van der Waals surface area (Å²) >= 11 is 0. The zero-order valence-corrected chi connectivity index (χ0v) is 39.4. The lowest BCUT2D eigenvalue weighted by atomic mass is 9.98. The summed E-state index contributed by atoms with van der Waals surface area (Å²) in [5.41, 5.74) is 18.0. The molecule has 0 saturated heterocycles. The standard InChI is InChI=1S/C66H40N4Si/c67-41-55-60(69-56-26-12-7-21-48(56)53-37-44(31-33-58(53)69)42-17-3-1-4-18-42)39-46(40-61(55)70-57-27-13-8-22-49(57)54-38-45(32-34-59(54)70)43-19-5-2-6-20-43)47-35-36-68-65-52-25-11-16-30-64(52)71(66(47)65)62-28-14-9-23-50(62)51-24-10-15-29-63(51)71/h1-40H. The van der Waals surface area contributed by atoms with Crippen LogP contribution in [-0.4, -0.2) is 22.2 Å². The molecule has 0 saturated carbocycles. The lowest BCUT2D eigenvalue weighted by Crippen LogP contribution is -2.71. The molecule has 0 radical (unpaired) electrons. The lowest BCUT2D eigenvalue weighted by molar-refractivity contribution is 1.12. The van der Waals surface area contributed by atoms with Crippen LogP contribution in [-0.2, 0) is 0 Å². The Balaban J connectivity index is 1.08. The molecule has 5 heterocycles. The van der Waals surface area contributed by atoms with Crippen LogP contribution < -0.4 is 20.7 Å². The van der Waals surface area contributed by atoms with E-state index < -0.39 is 8.07 Å². The highest BCUT2D eigenvalue weighted by atomic mass is 28.3. The van der Waals surface area contributed by atoms with Crippen molar-refractivity contribution in [1.82, 2.24) is 14.1 Å². The number of pyridine rings is 1. The second-order valence-corrected chi connectivity index (χ2v) is 22.5. The number of hydrogen-bond acceptors (Lipinski definition) is 2. The van der Waals surface area contributed by atoms with Crippen LogP contribution in [0.4, 0.5) is 0 Å². The Hall–Kier alpha value is -9.34. The molecule has 0 aliphatic carbocycles. The molecule has 13 aromatic rings. The average Bonchev–Trinajstić information content (AvgIpc) is 4.15. The zero-order valence-electron chi connectivity index (χ0n) is 38.4. The molecule has 2 aliphatic heterocycles. The second kappa shape index (κ2) is 15.1. The largest absolute Gasteiger partial charge is 0.308 e. The van der Waals surface area contributed by atoms with Crippen molar-refractivity contribution < 1.29 is 0 Å². The lowest BCUT2D eigenvalue weighted by Gasteiger charge is -2.29. The summed E-state index contributed by atoms with van der Waals surface area (Å²) in [6.45, 7) is 0. The van der Waals surface area contributed by atoms with Crippen LogP contribution in [0.1, 0.15) is 5.56 Å². The first-order valence-electron chi connectivity index (χ1n) is 24.3. The molecule has 5 heteroatoms. The first-order valence-corrected chi connectivity index (χ1v) is 26.3. The van der Waals surface area contributed by atoms with E-state index in [1.165, 1.54) is 37.4 Å². The molecule has 3 aromatic heterocycles. The van der Waals surface area contributed by atoms with E-state index in [1.807, 2.05) is 6.20 Å². The van der Waals surface area contributed by atoms with Gasteiger partial charge in [-0.1, -0.05) is 182 Å². The smallest absolute Gasteiger partial charge is 0.184 e. The van der Waals surface area contributed by atoms with Crippen molar-refractivity contribution in [3.63, 3.8) is 0 Å². The van der Waals surface area contributed by atoms with Crippen LogP contribution in [0.25, 0.3) is 111 Å². The summed E-state index contributed by atoms with van der Waals surface area (Å²) < 4.78 is 4.69. The average molecular weight is 917 g/mol. The Morgan fingerprint density at radius 1 is 0.352 bits per heavy atom. The SMILES string of the molecule is N#Cc1c(-n2c3ccccc3c3cc(-c4ccccc4)ccc32)cc(-c2ccnc3c2[Si]2(c4ccccc4-c4ccccc42)c2ccccc2-3)cc1-n1c2ccccc2c2cc(-c3ccccc3)ccc21. The van der Waals surface area contributed by atoms with Gasteiger partial charge in [-0.25, -0.2) is 0 Å². The Bertz CT molecular complexity index is 4180. The summed E-state index contributed by atoms with van der Waals surface area (Å²) in [7, 11) is -2.96. The second-order valence-electron chi connectivity index (χ2n) is 18.9. The predicted molar refractivity (Wildman–Crippen MR) is 296 cm³/mol. The molecular weight excluding hydrogens is 877 g/mol. The van der Waals surface area contributed by atoms with Crippen molar-refractivity contribution in [3.8, 4) is 73.2 Å². The first kappa shape index (κ1) is 39.6. The molecular formula is C66H40N4Si. The van der Waals surface area contributed by atoms with E-state index >= 15 is 0 Å². The molecule has 328 valence electrons. The number of hydrogen-bond donors (Lipinski definition) is 0. The van der Waals surface area contributed by atoms with Gasteiger partial charge in [-0.3, -0.25) is 4.98 Å². The van der Waals surface area contributed by atoms with Gasteiger partial charge in [0, 0.05) is 33.3 Å². The van der Waals surface area contributed by atoms with Crippen LogP contribution in [0.5, 0.6) is 0 Å². The predicted octanol–water partition coefficient (Wildman–Crippen LogP) is 13.5. The highest BCUT2D eigenvalue weighted by Gasteiger charge is 2.55. The Morgan fingerprint density at radius 2 is 0.789 bits per heavy atom. The maximum absolute atomic E-state index is 11.9. The van der Waals surface area contributed by atoms with Crippen LogP contribution in [0, 0.1) is 11.3 Å². The molecule has 4 nitrogen and oxygen atoms in total. The van der Waals surface area contributed by atoms with Gasteiger partial charge in [0.05, 0.1) is 39.1 Å². The van der Waals surface area contributed by atoms with E-state index in [1.54, 1.807) is 0 Å². The Labute approximate surface area is 411 Å². The van der Waals surface area contributed by atoms with Crippen LogP contribution in [0.15, 0.2) is 243 Å². The summed E-state index contributed by atoms with van der Waals surface area (Å²) in [5, 5.41) is 21.9. The zero-order chi connectivity index (χ0) is 46.8. The van der Waals surface area contributed by atoms with Gasteiger partial charge in [-0.05, 0) is 120 Å². The van der Waals surface area contributed by atoms with Crippen molar-refractivity contribution in [2.24, 2.45) is 0 Å². The minimum absolute atomic E-state index is 0.593. The molecule has 0 atom stereocenters. The van der Waals surface area contributed by atoms with Gasteiger partial charge in [-0.15, -0.1) is 0 Å². The molecule has 0 bridgehead atoms. The fourth-order valence-electron chi connectivity index (χ4n) is 12.6. The number of benzene rings is 10. The van der Waals surface area contributed by atoms with E-state index in [-0.39, 0.29) is 0 Å². The molecule has 0 amide bonds. The van der Waals surface area contributed by atoms with Gasteiger partial charge in [0.15, 0.2) is 8.07 Å². The third kappa shape index (κ3) is 5.45. The molecule has 2 aliphatic rings. The van der Waals surface area contributed by atoms with Crippen LogP contribution in [0.3, 0.4) is 0 Å². The van der Waals surface area contributed by atoms with Gasteiger partial charge in [-0.2, -0.15) is 5.26 Å². The van der Waals surface area contributed by atoms with E-state index in [9.17, 15) is 5.26 Å². The number of rotatable bonds is 5. The molecule has 71 heavy (non-hydrogen) atoms. The molecule has 10 aromatic carbocycles. The Morgan fingerprint density at radius 3 is 1.31 bits per heavy atom.